The molecule has 6 nitrogen and oxygen atoms in total. The Morgan fingerprint density at radius 1 is 1.16 bits per heavy atom. The summed E-state index contributed by atoms with van der Waals surface area (Å²) in [6, 6.07) is 3.73. The number of aryl methyl sites for hydroxylation is 2. The van der Waals surface area contributed by atoms with E-state index in [1.807, 2.05) is 19.9 Å². The zero-order valence-electron chi connectivity index (χ0n) is 19.6. The monoisotopic (exact) mass is 477 g/mol. The lowest BCUT2D eigenvalue weighted by Crippen LogP contribution is -2.24. The van der Waals surface area contributed by atoms with Crippen LogP contribution in [-0.2, 0) is 11.2 Å². The minimum absolute atomic E-state index is 0.144. The number of benzene rings is 1. The molecule has 0 aliphatic carbocycles. The number of hydrogen-bond donors (Lipinski definition) is 2. The van der Waals surface area contributed by atoms with Gasteiger partial charge in [0.15, 0.2) is 0 Å². The number of nitrogens with one attached hydrogen (secondary N) is 1. The number of nitrogens with two attached hydrogens (primary N) is 1. The van der Waals surface area contributed by atoms with E-state index >= 15 is 0 Å². The lowest BCUT2D eigenvalue weighted by atomic mass is 9.99. The molecule has 1 aromatic heterocycles. The van der Waals surface area contributed by atoms with Gasteiger partial charge in [-0.15, -0.1) is 0 Å². The minimum atomic E-state index is -0.144. The molecule has 1 heterocycles. The normalized spacial score (nSPS) is 11.8. The summed E-state index contributed by atoms with van der Waals surface area (Å²) in [5.74, 6) is 0.00776. The number of amides is 1. The lowest BCUT2D eigenvalue weighted by Gasteiger charge is -2.18. The van der Waals surface area contributed by atoms with Gasteiger partial charge in [0.1, 0.15) is 0 Å². The Hall–Kier alpha value is -2.15. The number of rotatable bonds is 10. The second kappa shape index (κ2) is 12.2. The van der Waals surface area contributed by atoms with Crippen molar-refractivity contribution in [2.45, 2.75) is 47.5 Å². The van der Waals surface area contributed by atoms with E-state index in [4.69, 9.17) is 28.9 Å². The van der Waals surface area contributed by atoms with Crippen molar-refractivity contribution >= 4 is 41.1 Å². The van der Waals surface area contributed by atoms with E-state index in [-0.39, 0.29) is 11.9 Å². The van der Waals surface area contributed by atoms with Crippen LogP contribution in [0.5, 0.6) is 0 Å². The molecule has 3 N–H and O–H groups in total. The molecule has 0 spiro atoms. The molecular weight excluding hydrogens is 445 g/mol. The van der Waals surface area contributed by atoms with E-state index in [0.29, 0.717) is 39.1 Å². The van der Waals surface area contributed by atoms with Crippen molar-refractivity contribution in [3.63, 3.8) is 0 Å². The Labute approximate surface area is 201 Å². The fourth-order valence-electron chi connectivity index (χ4n) is 3.56. The van der Waals surface area contributed by atoms with E-state index in [0.717, 1.165) is 43.6 Å². The largest absolute Gasteiger partial charge is 0.368 e. The Morgan fingerprint density at radius 3 is 2.47 bits per heavy atom. The molecule has 0 aliphatic heterocycles. The predicted molar refractivity (Wildman–Crippen MR) is 135 cm³/mol. The summed E-state index contributed by atoms with van der Waals surface area (Å²) in [5, 5.41) is 3.91. The first kappa shape index (κ1) is 26.1. The highest BCUT2D eigenvalue weighted by molar-refractivity contribution is 6.36. The maximum absolute atomic E-state index is 12.3. The highest BCUT2D eigenvalue weighted by atomic mass is 35.5. The van der Waals surface area contributed by atoms with Crippen molar-refractivity contribution in [3.8, 4) is 11.3 Å². The van der Waals surface area contributed by atoms with Crippen LogP contribution < -0.4 is 11.1 Å². The molecule has 174 valence electrons. The van der Waals surface area contributed by atoms with Crippen LogP contribution in [0, 0.1) is 6.92 Å². The highest BCUT2D eigenvalue weighted by Gasteiger charge is 2.17. The number of carbonyl (C=O) groups excluding carboxylic acids is 1. The van der Waals surface area contributed by atoms with Crippen LogP contribution in [0.25, 0.3) is 17.3 Å². The number of anilines is 1. The van der Waals surface area contributed by atoms with E-state index < -0.39 is 0 Å². The molecule has 0 bridgehead atoms. The van der Waals surface area contributed by atoms with Crippen LogP contribution in [0.1, 0.15) is 50.9 Å². The third-order valence-corrected chi connectivity index (χ3v) is 6.08. The van der Waals surface area contributed by atoms with Crippen molar-refractivity contribution < 1.29 is 4.79 Å². The van der Waals surface area contributed by atoms with Crippen molar-refractivity contribution in [3.05, 3.63) is 44.6 Å². The van der Waals surface area contributed by atoms with Gasteiger partial charge in [0.2, 0.25) is 11.9 Å². The standard InChI is InChI=1S/C24H33Cl2N5O/c1-6-28-23(32)15(4)12-18-16(5)29-24(27)30-22(18)19-13-17(20(25)14-21(19)26)10-9-11-31(7-2)8-3/h12-14H,6-11H2,1-5H3,(H,28,32)(H2,27,29,30)/b15-12+. The summed E-state index contributed by atoms with van der Waals surface area (Å²) in [6.45, 7) is 13.4. The van der Waals surface area contributed by atoms with Gasteiger partial charge in [-0.1, -0.05) is 37.0 Å². The van der Waals surface area contributed by atoms with Crippen LogP contribution in [0.3, 0.4) is 0 Å². The third kappa shape index (κ3) is 6.67. The van der Waals surface area contributed by atoms with Crippen molar-refractivity contribution in [2.75, 3.05) is 31.9 Å². The van der Waals surface area contributed by atoms with E-state index in [2.05, 4.69) is 34.0 Å². The maximum atomic E-state index is 12.3. The molecule has 0 fully saturated rings. The number of nitrogens with zero attached hydrogens (tertiary/aromatic N) is 3. The summed E-state index contributed by atoms with van der Waals surface area (Å²) in [7, 11) is 0. The molecule has 1 amide bonds. The van der Waals surface area contributed by atoms with Crippen molar-refractivity contribution in [2.24, 2.45) is 0 Å². The average molecular weight is 478 g/mol. The van der Waals surface area contributed by atoms with E-state index in [1.54, 1.807) is 19.1 Å². The zero-order valence-corrected chi connectivity index (χ0v) is 21.1. The quantitative estimate of drug-likeness (QED) is 0.461. The first-order chi connectivity index (χ1) is 15.2. The van der Waals surface area contributed by atoms with Crippen molar-refractivity contribution in [1.29, 1.82) is 0 Å². The van der Waals surface area contributed by atoms with Crippen LogP contribution in [0.2, 0.25) is 10.0 Å². The number of nitrogen functional groups attached to an aromatic ring is 1. The van der Waals surface area contributed by atoms with Crippen LogP contribution in [0.15, 0.2) is 17.7 Å². The molecule has 1 aromatic carbocycles. The van der Waals surface area contributed by atoms with Gasteiger partial charge in [-0.05, 0) is 77.0 Å². The average Bonchev–Trinajstić information content (AvgIpc) is 2.74. The lowest BCUT2D eigenvalue weighted by molar-refractivity contribution is -0.117. The smallest absolute Gasteiger partial charge is 0.246 e. The Kier molecular flexibility index (Phi) is 9.94. The SMILES string of the molecule is CCNC(=O)/C(C)=C/c1c(C)nc(N)nc1-c1cc(CCCN(CC)CC)c(Cl)cc1Cl. The molecule has 0 saturated heterocycles. The first-order valence-corrected chi connectivity index (χ1v) is 11.8. The maximum Gasteiger partial charge on any atom is 0.246 e. The van der Waals surface area contributed by atoms with Gasteiger partial charge in [0.05, 0.1) is 16.4 Å². The minimum Gasteiger partial charge on any atom is -0.368 e. The predicted octanol–water partition coefficient (Wildman–Crippen LogP) is 5.15. The van der Waals surface area contributed by atoms with Gasteiger partial charge in [-0.2, -0.15) is 0 Å². The van der Waals surface area contributed by atoms with Gasteiger partial charge in [0, 0.05) is 28.3 Å². The number of carbonyl (C=O) groups is 1. The molecule has 32 heavy (non-hydrogen) atoms. The molecule has 8 heteroatoms. The molecule has 0 aliphatic rings. The third-order valence-electron chi connectivity index (χ3n) is 5.42. The Bertz CT molecular complexity index is 987. The van der Waals surface area contributed by atoms with Crippen LogP contribution >= 0.6 is 23.2 Å². The van der Waals surface area contributed by atoms with Gasteiger partial charge in [-0.25, -0.2) is 9.97 Å². The van der Waals surface area contributed by atoms with Gasteiger partial charge in [0.25, 0.3) is 0 Å². The van der Waals surface area contributed by atoms with Gasteiger partial charge in [-0.3, -0.25) is 4.79 Å². The molecule has 0 unspecified atom stereocenters. The number of likely N-dealkylation sites (N-methyl/N-ethyl adjacent to an activating group) is 1. The molecule has 0 saturated carbocycles. The summed E-state index contributed by atoms with van der Waals surface area (Å²) in [5.41, 5.74) is 10.2. The summed E-state index contributed by atoms with van der Waals surface area (Å²) in [4.78, 5) is 23.4. The van der Waals surface area contributed by atoms with Crippen LogP contribution in [0.4, 0.5) is 5.95 Å². The summed E-state index contributed by atoms with van der Waals surface area (Å²) < 4.78 is 0. The van der Waals surface area contributed by atoms with E-state index in [1.165, 1.54) is 0 Å². The number of halogens is 2. The summed E-state index contributed by atoms with van der Waals surface area (Å²) >= 11 is 13.1. The molecule has 0 radical (unpaired) electrons. The summed E-state index contributed by atoms with van der Waals surface area (Å²) in [6.07, 6.45) is 3.58. The first-order valence-electron chi connectivity index (χ1n) is 11.0. The zero-order chi connectivity index (χ0) is 23.8. The van der Waals surface area contributed by atoms with E-state index in [9.17, 15) is 4.79 Å². The Morgan fingerprint density at radius 2 is 1.84 bits per heavy atom. The molecule has 2 rings (SSSR count). The fraction of sp³-hybridized carbons (Fsp3) is 0.458. The van der Waals surface area contributed by atoms with Gasteiger partial charge < -0.3 is 16.0 Å². The number of hydrogen-bond acceptors (Lipinski definition) is 5. The number of aromatic nitrogens is 2. The second-order valence-corrected chi connectivity index (χ2v) is 8.48. The Balaban J connectivity index is 2.50. The van der Waals surface area contributed by atoms with Crippen molar-refractivity contribution in [1.82, 2.24) is 20.2 Å². The fourth-order valence-corrected chi connectivity index (χ4v) is 4.13. The molecule has 2 aromatic rings. The topological polar surface area (TPSA) is 84.1 Å². The molecule has 0 atom stereocenters. The second-order valence-electron chi connectivity index (χ2n) is 7.67. The molecular formula is C24H33Cl2N5O. The van der Waals surface area contributed by atoms with Gasteiger partial charge >= 0.3 is 0 Å². The van der Waals surface area contributed by atoms with Crippen LogP contribution in [-0.4, -0.2) is 47.0 Å². The highest BCUT2D eigenvalue weighted by Crippen LogP contribution is 2.36.